The van der Waals surface area contributed by atoms with Gasteiger partial charge in [-0.05, 0) is 25.1 Å². The quantitative estimate of drug-likeness (QED) is 0.947. The third kappa shape index (κ3) is 2.26. The fraction of sp³-hybridized carbons (Fsp3) is 0.214. The molecule has 0 aliphatic rings. The minimum Gasteiger partial charge on any atom is -0.495 e. The van der Waals surface area contributed by atoms with Crippen molar-refractivity contribution in [2.24, 2.45) is 0 Å². The number of nitrogens with zero attached hydrogens (tertiary/aromatic N) is 1. The molecule has 2 rings (SSSR count). The summed E-state index contributed by atoms with van der Waals surface area (Å²) in [4.78, 5) is 4.24. The van der Waals surface area contributed by atoms with Crippen molar-refractivity contribution >= 4 is 15.9 Å². The molecule has 0 saturated carbocycles. The van der Waals surface area contributed by atoms with E-state index in [-0.39, 0.29) is 0 Å². The lowest BCUT2D eigenvalue weighted by Crippen LogP contribution is -2.25. The zero-order valence-corrected chi connectivity index (χ0v) is 11.8. The molecular formula is C14H14BrNO2. The van der Waals surface area contributed by atoms with Crippen LogP contribution in [0.15, 0.2) is 47.1 Å². The van der Waals surface area contributed by atoms with Crippen LogP contribution in [0.1, 0.15) is 18.2 Å². The van der Waals surface area contributed by atoms with Gasteiger partial charge in [0.15, 0.2) is 0 Å². The molecule has 0 amide bonds. The Morgan fingerprint density at radius 1 is 1.22 bits per heavy atom. The van der Waals surface area contributed by atoms with Crippen LogP contribution in [-0.4, -0.2) is 17.2 Å². The number of pyridine rings is 1. The maximum absolute atomic E-state index is 10.8. The van der Waals surface area contributed by atoms with E-state index in [0.717, 1.165) is 10.0 Å². The number of hydrogen-bond donors (Lipinski definition) is 1. The lowest BCUT2D eigenvalue weighted by molar-refractivity contribution is 0.0931. The maximum atomic E-state index is 10.8. The Kier molecular flexibility index (Phi) is 3.68. The van der Waals surface area contributed by atoms with Gasteiger partial charge in [0.2, 0.25) is 0 Å². The van der Waals surface area contributed by atoms with E-state index < -0.39 is 5.60 Å². The van der Waals surface area contributed by atoms with Gasteiger partial charge in [-0.15, -0.1) is 0 Å². The molecule has 1 heterocycles. The van der Waals surface area contributed by atoms with Crippen LogP contribution in [0.2, 0.25) is 0 Å². The summed E-state index contributed by atoms with van der Waals surface area (Å²) in [5.74, 6) is 0.568. The molecule has 18 heavy (non-hydrogen) atoms. The van der Waals surface area contributed by atoms with Crippen LogP contribution in [0, 0.1) is 0 Å². The number of aromatic nitrogens is 1. The van der Waals surface area contributed by atoms with Crippen LogP contribution in [0.5, 0.6) is 5.75 Å². The molecule has 1 aromatic carbocycles. The molecule has 0 aliphatic carbocycles. The number of halogens is 1. The fourth-order valence-corrected chi connectivity index (χ4v) is 2.58. The molecule has 2 aromatic rings. The second-order valence-electron chi connectivity index (χ2n) is 4.11. The SMILES string of the molecule is COc1cccnc1C(C)(O)c1ccccc1Br. The average Bonchev–Trinajstić information content (AvgIpc) is 2.39. The lowest BCUT2D eigenvalue weighted by atomic mass is 9.91. The van der Waals surface area contributed by atoms with Gasteiger partial charge in [-0.25, -0.2) is 0 Å². The number of methoxy groups -OCH3 is 1. The number of benzene rings is 1. The van der Waals surface area contributed by atoms with Crippen molar-refractivity contribution in [2.75, 3.05) is 7.11 Å². The van der Waals surface area contributed by atoms with Crippen molar-refractivity contribution in [3.63, 3.8) is 0 Å². The second-order valence-corrected chi connectivity index (χ2v) is 4.96. The number of rotatable bonds is 3. The van der Waals surface area contributed by atoms with E-state index in [2.05, 4.69) is 20.9 Å². The zero-order valence-electron chi connectivity index (χ0n) is 10.2. The number of ether oxygens (including phenoxy) is 1. The highest BCUT2D eigenvalue weighted by molar-refractivity contribution is 9.10. The van der Waals surface area contributed by atoms with Gasteiger partial charge in [0.25, 0.3) is 0 Å². The minimum absolute atomic E-state index is 0.499. The smallest absolute Gasteiger partial charge is 0.143 e. The molecule has 3 nitrogen and oxygen atoms in total. The van der Waals surface area contributed by atoms with Crippen molar-refractivity contribution in [1.82, 2.24) is 4.98 Å². The highest BCUT2D eigenvalue weighted by Crippen LogP contribution is 2.36. The predicted molar refractivity (Wildman–Crippen MR) is 73.6 cm³/mol. The molecule has 1 atom stereocenters. The van der Waals surface area contributed by atoms with Gasteiger partial charge in [-0.1, -0.05) is 34.1 Å². The van der Waals surface area contributed by atoms with Gasteiger partial charge >= 0.3 is 0 Å². The first-order valence-electron chi connectivity index (χ1n) is 5.54. The summed E-state index contributed by atoms with van der Waals surface area (Å²) in [5, 5.41) is 10.8. The molecule has 0 radical (unpaired) electrons. The van der Waals surface area contributed by atoms with Gasteiger partial charge in [0.1, 0.15) is 17.0 Å². The van der Waals surface area contributed by atoms with Crippen LogP contribution in [-0.2, 0) is 5.60 Å². The topological polar surface area (TPSA) is 42.4 Å². The molecule has 0 fully saturated rings. The first kappa shape index (κ1) is 13.1. The zero-order chi connectivity index (χ0) is 13.2. The summed E-state index contributed by atoms with van der Waals surface area (Å²) in [7, 11) is 1.57. The van der Waals surface area contributed by atoms with E-state index in [9.17, 15) is 5.11 Å². The Labute approximate surface area is 115 Å². The minimum atomic E-state index is -1.22. The van der Waals surface area contributed by atoms with Crippen molar-refractivity contribution in [3.05, 3.63) is 58.3 Å². The normalized spacial score (nSPS) is 14.0. The Balaban J connectivity index is 2.58. The monoisotopic (exact) mass is 307 g/mol. The van der Waals surface area contributed by atoms with Crippen LogP contribution >= 0.6 is 15.9 Å². The Morgan fingerprint density at radius 3 is 2.61 bits per heavy atom. The maximum Gasteiger partial charge on any atom is 0.143 e. The summed E-state index contributed by atoms with van der Waals surface area (Å²) < 4.78 is 6.09. The van der Waals surface area contributed by atoms with E-state index in [1.165, 1.54) is 0 Å². The number of aliphatic hydroxyl groups is 1. The molecule has 1 aromatic heterocycles. The Morgan fingerprint density at radius 2 is 1.94 bits per heavy atom. The molecule has 94 valence electrons. The molecule has 0 bridgehead atoms. The fourth-order valence-electron chi connectivity index (χ4n) is 1.90. The summed E-state index contributed by atoms with van der Waals surface area (Å²) in [6.45, 7) is 1.71. The van der Waals surface area contributed by atoms with Crippen LogP contribution in [0.25, 0.3) is 0 Å². The van der Waals surface area contributed by atoms with Crippen LogP contribution in [0.4, 0.5) is 0 Å². The summed E-state index contributed by atoms with van der Waals surface area (Å²) in [6.07, 6.45) is 1.64. The summed E-state index contributed by atoms with van der Waals surface area (Å²) in [5.41, 5.74) is 0.0357. The van der Waals surface area contributed by atoms with Gasteiger partial charge < -0.3 is 9.84 Å². The van der Waals surface area contributed by atoms with Gasteiger partial charge in [-0.3, -0.25) is 4.98 Å². The van der Waals surface area contributed by atoms with Crippen LogP contribution < -0.4 is 4.74 Å². The van der Waals surface area contributed by atoms with Crippen molar-refractivity contribution in [1.29, 1.82) is 0 Å². The Hall–Kier alpha value is -1.39. The largest absolute Gasteiger partial charge is 0.495 e. The van der Waals surface area contributed by atoms with E-state index in [0.29, 0.717) is 11.4 Å². The average molecular weight is 308 g/mol. The van der Waals surface area contributed by atoms with Gasteiger partial charge in [0.05, 0.1) is 7.11 Å². The van der Waals surface area contributed by atoms with Gasteiger partial charge in [-0.2, -0.15) is 0 Å². The third-order valence-corrected chi connectivity index (χ3v) is 3.54. The van der Waals surface area contributed by atoms with Crippen LogP contribution in [0.3, 0.4) is 0 Å². The molecule has 0 saturated heterocycles. The molecule has 1 N–H and O–H groups in total. The Bertz CT molecular complexity index is 555. The lowest BCUT2D eigenvalue weighted by Gasteiger charge is -2.25. The van der Waals surface area contributed by atoms with E-state index in [4.69, 9.17) is 4.74 Å². The summed E-state index contributed by atoms with van der Waals surface area (Å²) in [6, 6.07) is 11.1. The third-order valence-electron chi connectivity index (χ3n) is 2.85. The molecule has 1 unspecified atom stereocenters. The first-order chi connectivity index (χ1) is 8.57. The molecule has 4 heteroatoms. The van der Waals surface area contributed by atoms with E-state index in [1.807, 2.05) is 24.3 Å². The standard InChI is InChI=1S/C14H14BrNO2/c1-14(17,10-6-3-4-7-11(10)15)13-12(18-2)8-5-9-16-13/h3-9,17H,1-2H3. The predicted octanol–water partition coefficient (Wildman–Crippen LogP) is 3.11. The number of hydrogen-bond acceptors (Lipinski definition) is 3. The van der Waals surface area contributed by atoms with Gasteiger partial charge in [0, 0.05) is 16.2 Å². The molecule has 0 spiro atoms. The van der Waals surface area contributed by atoms with Crippen molar-refractivity contribution in [3.8, 4) is 5.75 Å². The molecule has 0 aliphatic heterocycles. The summed E-state index contributed by atoms with van der Waals surface area (Å²) >= 11 is 3.45. The van der Waals surface area contributed by atoms with E-state index >= 15 is 0 Å². The highest BCUT2D eigenvalue weighted by atomic mass is 79.9. The van der Waals surface area contributed by atoms with E-state index in [1.54, 1.807) is 32.4 Å². The first-order valence-corrected chi connectivity index (χ1v) is 6.33. The molecular weight excluding hydrogens is 294 g/mol. The van der Waals surface area contributed by atoms with Crippen molar-refractivity contribution in [2.45, 2.75) is 12.5 Å². The van der Waals surface area contributed by atoms with Crippen molar-refractivity contribution < 1.29 is 9.84 Å². The highest BCUT2D eigenvalue weighted by Gasteiger charge is 2.32. The second kappa shape index (κ2) is 5.08.